The molecule has 1 unspecified atom stereocenters. The minimum Gasteiger partial charge on any atom is -0.383 e. The van der Waals surface area contributed by atoms with E-state index in [-0.39, 0.29) is 37.3 Å². The van der Waals surface area contributed by atoms with Gasteiger partial charge < -0.3 is 15.8 Å². The maximum Gasteiger partial charge on any atom is 0.243 e. The molecule has 1 amide bonds. The monoisotopic (exact) mass is 281 g/mol. The van der Waals surface area contributed by atoms with Crippen molar-refractivity contribution in [1.82, 2.24) is 4.98 Å². The van der Waals surface area contributed by atoms with Crippen LogP contribution in [0.1, 0.15) is 5.69 Å². The Morgan fingerprint density at radius 3 is 2.76 bits per heavy atom. The van der Waals surface area contributed by atoms with Gasteiger partial charge in [0.25, 0.3) is 0 Å². The van der Waals surface area contributed by atoms with E-state index < -0.39 is 6.04 Å². The van der Waals surface area contributed by atoms with E-state index in [4.69, 9.17) is 10.5 Å². The van der Waals surface area contributed by atoms with Crippen LogP contribution in [0.4, 0.5) is 5.69 Å². The van der Waals surface area contributed by atoms with Gasteiger partial charge in [0.15, 0.2) is 0 Å². The van der Waals surface area contributed by atoms with Gasteiger partial charge in [0.2, 0.25) is 5.91 Å². The third-order valence-electron chi connectivity index (χ3n) is 1.85. The lowest BCUT2D eigenvalue weighted by molar-refractivity contribution is -0.118. The van der Waals surface area contributed by atoms with Crippen molar-refractivity contribution in [3.63, 3.8) is 0 Å². The number of anilines is 1. The number of amides is 1. The Balaban J connectivity index is 0. The van der Waals surface area contributed by atoms with Gasteiger partial charge in [-0.15, -0.1) is 24.8 Å². The molecule has 7 heteroatoms. The molecule has 1 heterocycles. The fourth-order valence-corrected chi connectivity index (χ4v) is 1.11. The molecule has 5 nitrogen and oxygen atoms in total. The average molecular weight is 282 g/mol. The summed E-state index contributed by atoms with van der Waals surface area (Å²) in [5, 5.41) is 2.68. The van der Waals surface area contributed by atoms with Gasteiger partial charge in [-0.05, 0) is 19.1 Å². The Hall–Kier alpha value is -0.880. The van der Waals surface area contributed by atoms with Gasteiger partial charge in [0.05, 0.1) is 6.61 Å². The maximum absolute atomic E-state index is 11.5. The number of nitrogens with one attached hydrogen (secondary N) is 1. The third-order valence-corrected chi connectivity index (χ3v) is 1.85. The molecule has 1 rings (SSSR count). The first kappa shape index (κ1) is 18.5. The van der Waals surface area contributed by atoms with Gasteiger partial charge in [-0.3, -0.25) is 9.78 Å². The van der Waals surface area contributed by atoms with Crippen LogP contribution < -0.4 is 11.1 Å². The summed E-state index contributed by atoms with van der Waals surface area (Å²) in [6.45, 7) is 2.06. The van der Waals surface area contributed by atoms with Crippen LogP contribution in [0.2, 0.25) is 0 Å². The second-order valence-corrected chi connectivity index (χ2v) is 3.24. The standard InChI is InChI=1S/C10H15N3O2.2ClH/c1-7-5-8(3-4-12-7)13-10(14)9(11)6-15-2;;/h3-5,9H,6,11H2,1-2H3,(H,12,13,14);2*1H. The Labute approximate surface area is 113 Å². The van der Waals surface area contributed by atoms with Crippen LogP contribution in [-0.4, -0.2) is 30.6 Å². The van der Waals surface area contributed by atoms with Gasteiger partial charge in [0.1, 0.15) is 6.04 Å². The van der Waals surface area contributed by atoms with Crippen molar-refractivity contribution < 1.29 is 9.53 Å². The van der Waals surface area contributed by atoms with Crippen molar-refractivity contribution in [3.05, 3.63) is 24.0 Å². The van der Waals surface area contributed by atoms with E-state index in [0.29, 0.717) is 5.69 Å². The topological polar surface area (TPSA) is 77.2 Å². The highest BCUT2D eigenvalue weighted by Crippen LogP contribution is 2.06. The van der Waals surface area contributed by atoms with Gasteiger partial charge in [0, 0.05) is 24.7 Å². The number of pyridine rings is 1. The first-order chi connectivity index (χ1) is 7.13. The zero-order chi connectivity index (χ0) is 11.3. The van der Waals surface area contributed by atoms with Crippen LogP contribution in [0, 0.1) is 6.92 Å². The fraction of sp³-hybridized carbons (Fsp3) is 0.400. The quantitative estimate of drug-likeness (QED) is 0.868. The summed E-state index contributed by atoms with van der Waals surface area (Å²) in [4.78, 5) is 15.5. The summed E-state index contributed by atoms with van der Waals surface area (Å²) in [6.07, 6.45) is 1.63. The number of carbonyl (C=O) groups excluding carboxylic acids is 1. The Kier molecular flexibility index (Phi) is 9.98. The zero-order valence-corrected chi connectivity index (χ0v) is 11.3. The Morgan fingerprint density at radius 1 is 1.59 bits per heavy atom. The number of ether oxygens (including phenoxy) is 1. The first-order valence-electron chi connectivity index (χ1n) is 4.61. The highest BCUT2D eigenvalue weighted by atomic mass is 35.5. The Morgan fingerprint density at radius 2 is 2.24 bits per heavy atom. The van der Waals surface area contributed by atoms with E-state index in [2.05, 4.69) is 10.3 Å². The number of aromatic nitrogens is 1. The molecule has 0 aliphatic heterocycles. The van der Waals surface area contributed by atoms with Gasteiger partial charge in [-0.25, -0.2) is 0 Å². The van der Waals surface area contributed by atoms with Crippen LogP contribution in [0.5, 0.6) is 0 Å². The van der Waals surface area contributed by atoms with Crippen molar-refractivity contribution in [2.45, 2.75) is 13.0 Å². The van der Waals surface area contributed by atoms with Gasteiger partial charge in [-0.2, -0.15) is 0 Å². The van der Waals surface area contributed by atoms with Crippen LogP contribution in [-0.2, 0) is 9.53 Å². The van der Waals surface area contributed by atoms with E-state index in [9.17, 15) is 4.79 Å². The van der Waals surface area contributed by atoms with E-state index in [0.717, 1.165) is 5.69 Å². The SMILES string of the molecule is COCC(N)C(=O)Nc1ccnc(C)c1.Cl.Cl. The van der Waals surface area contributed by atoms with E-state index >= 15 is 0 Å². The predicted molar refractivity (Wildman–Crippen MR) is 72.0 cm³/mol. The highest BCUT2D eigenvalue weighted by Gasteiger charge is 2.12. The average Bonchev–Trinajstić information content (AvgIpc) is 2.18. The Bertz CT molecular complexity index is 350. The smallest absolute Gasteiger partial charge is 0.243 e. The number of halogens is 2. The van der Waals surface area contributed by atoms with E-state index in [1.54, 1.807) is 18.3 Å². The number of hydrogen-bond donors (Lipinski definition) is 2. The summed E-state index contributed by atoms with van der Waals surface area (Å²) in [6, 6.07) is 2.84. The number of nitrogens with two attached hydrogens (primary N) is 1. The summed E-state index contributed by atoms with van der Waals surface area (Å²) < 4.78 is 4.79. The van der Waals surface area contributed by atoms with Gasteiger partial charge >= 0.3 is 0 Å². The number of carbonyl (C=O) groups is 1. The molecular formula is C10H17Cl2N3O2. The minimum atomic E-state index is -0.650. The molecule has 98 valence electrons. The number of rotatable bonds is 4. The molecule has 1 atom stereocenters. The molecule has 0 radical (unpaired) electrons. The van der Waals surface area contributed by atoms with Crippen molar-refractivity contribution in [2.24, 2.45) is 5.73 Å². The van der Waals surface area contributed by atoms with Crippen molar-refractivity contribution >= 4 is 36.4 Å². The molecule has 0 aromatic carbocycles. The molecule has 0 bridgehead atoms. The lowest BCUT2D eigenvalue weighted by Crippen LogP contribution is -2.39. The largest absolute Gasteiger partial charge is 0.383 e. The number of hydrogen-bond acceptors (Lipinski definition) is 4. The van der Waals surface area contributed by atoms with Crippen molar-refractivity contribution in [1.29, 1.82) is 0 Å². The zero-order valence-electron chi connectivity index (χ0n) is 9.67. The van der Waals surface area contributed by atoms with Gasteiger partial charge in [-0.1, -0.05) is 0 Å². The van der Waals surface area contributed by atoms with Crippen LogP contribution >= 0.6 is 24.8 Å². The van der Waals surface area contributed by atoms with Crippen LogP contribution in [0.3, 0.4) is 0 Å². The molecule has 1 aromatic rings. The second-order valence-electron chi connectivity index (χ2n) is 3.24. The molecule has 0 aliphatic carbocycles. The summed E-state index contributed by atoms with van der Waals surface area (Å²) >= 11 is 0. The van der Waals surface area contributed by atoms with E-state index in [1.807, 2.05) is 6.92 Å². The van der Waals surface area contributed by atoms with Crippen LogP contribution in [0.15, 0.2) is 18.3 Å². The fourth-order valence-electron chi connectivity index (χ4n) is 1.11. The molecule has 0 aliphatic rings. The maximum atomic E-state index is 11.5. The lowest BCUT2D eigenvalue weighted by Gasteiger charge is -2.11. The summed E-state index contributed by atoms with van der Waals surface area (Å²) in [5.74, 6) is -0.262. The number of aryl methyl sites for hydroxylation is 1. The van der Waals surface area contributed by atoms with Crippen LogP contribution in [0.25, 0.3) is 0 Å². The normalized spacial score (nSPS) is 10.8. The molecule has 0 fully saturated rings. The predicted octanol–water partition coefficient (Wildman–Crippen LogP) is 1.15. The first-order valence-corrected chi connectivity index (χ1v) is 4.61. The number of methoxy groups -OCH3 is 1. The summed E-state index contributed by atoms with van der Waals surface area (Å²) in [7, 11) is 1.50. The molecular weight excluding hydrogens is 265 g/mol. The minimum absolute atomic E-state index is 0. The number of nitrogens with zero attached hydrogens (tertiary/aromatic N) is 1. The van der Waals surface area contributed by atoms with Crippen molar-refractivity contribution in [3.8, 4) is 0 Å². The lowest BCUT2D eigenvalue weighted by atomic mass is 10.3. The molecule has 0 saturated heterocycles. The second kappa shape index (κ2) is 9.18. The van der Waals surface area contributed by atoms with Crippen molar-refractivity contribution in [2.75, 3.05) is 19.0 Å². The third kappa shape index (κ3) is 6.43. The molecule has 17 heavy (non-hydrogen) atoms. The molecule has 1 aromatic heterocycles. The molecule has 0 spiro atoms. The molecule has 3 N–H and O–H groups in total. The highest BCUT2D eigenvalue weighted by molar-refractivity contribution is 5.94. The summed E-state index contributed by atoms with van der Waals surface area (Å²) in [5.41, 5.74) is 7.10. The van der Waals surface area contributed by atoms with E-state index in [1.165, 1.54) is 7.11 Å². The molecule has 0 saturated carbocycles.